The molecule has 0 spiro atoms. The number of sulfonamides is 1. The van der Waals surface area contributed by atoms with Crippen molar-refractivity contribution in [1.82, 2.24) is 4.57 Å². The number of hydrogen-bond donors (Lipinski definition) is 1. The minimum atomic E-state index is -3.93. The Balaban J connectivity index is 2.31. The molecule has 6 heteroatoms. The molecule has 0 aliphatic heterocycles. The molecule has 0 aliphatic carbocycles. The number of rotatable bonds is 7. The van der Waals surface area contributed by atoms with Gasteiger partial charge in [0.15, 0.2) is 0 Å². The van der Waals surface area contributed by atoms with E-state index in [1.165, 1.54) is 25.1 Å². The molecule has 0 saturated carbocycles. The second-order valence-electron chi connectivity index (χ2n) is 5.28. The van der Waals surface area contributed by atoms with Gasteiger partial charge in [-0.2, -0.15) is 0 Å². The smallest absolute Gasteiger partial charge is 0.240 e. The SMILES string of the molecule is CCCCCCCn1cc(S(N)(=O)=O)c2c(F)cccc21. The van der Waals surface area contributed by atoms with Crippen LogP contribution in [-0.4, -0.2) is 13.0 Å². The Morgan fingerprint density at radius 2 is 1.90 bits per heavy atom. The van der Waals surface area contributed by atoms with Crippen LogP contribution in [0.2, 0.25) is 0 Å². The standard InChI is InChI=1S/C15H21FN2O2S/c1-2-3-4-5-6-10-18-11-14(21(17,19)20)15-12(16)8-7-9-13(15)18/h7-9,11H,2-6,10H2,1H3,(H2,17,19,20). The van der Waals surface area contributed by atoms with Gasteiger partial charge in [-0.25, -0.2) is 17.9 Å². The van der Waals surface area contributed by atoms with Crippen molar-refractivity contribution < 1.29 is 12.8 Å². The van der Waals surface area contributed by atoms with Gasteiger partial charge >= 0.3 is 0 Å². The number of benzene rings is 1. The highest BCUT2D eigenvalue weighted by atomic mass is 32.2. The molecule has 2 N–H and O–H groups in total. The summed E-state index contributed by atoms with van der Waals surface area (Å²) in [6, 6.07) is 4.56. The summed E-state index contributed by atoms with van der Waals surface area (Å²) in [4.78, 5) is -0.135. The van der Waals surface area contributed by atoms with E-state index in [1.54, 1.807) is 16.7 Å². The molecule has 1 aromatic heterocycles. The summed E-state index contributed by atoms with van der Waals surface area (Å²) >= 11 is 0. The molecule has 0 fully saturated rings. The fourth-order valence-corrected chi connectivity index (χ4v) is 3.32. The van der Waals surface area contributed by atoms with E-state index in [0.29, 0.717) is 12.1 Å². The first-order chi connectivity index (χ1) is 9.95. The highest BCUT2D eigenvalue weighted by molar-refractivity contribution is 7.89. The molecule has 0 aliphatic rings. The molecular weight excluding hydrogens is 291 g/mol. The van der Waals surface area contributed by atoms with E-state index in [-0.39, 0.29) is 10.3 Å². The first-order valence-electron chi connectivity index (χ1n) is 7.25. The zero-order chi connectivity index (χ0) is 15.5. The summed E-state index contributed by atoms with van der Waals surface area (Å²) in [6.07, 6.45) is 6.99. The maximum atomic E-state index is 13.9. The van der Waals surface area contributed by atoms with E-state index in [9.17, 15) is 12.8 Å². The molecule has 21 heavy (non-hydrogen) atoms. The van der Waals surface area contributed by atoms with Crippen molar-refractivity contribution >= 4 is 20.9 Å². The van der Waals surface area contributed by atoms with Crippen molar-refractivity contribution in [2.75, 3.05) is 0 Å². The average Bonchev–Trinajstić information content (AvgIpc) is 2.79. The van der Waals surface area contributed by atoms with Crippen LogP contribution in [0.5, 0.6) is 0 Å². The third-order valence-electron chi connectivity index (χ3n) is 3.63. The maximum Gasteiger partial charge on any atom is 0.240 e. The molecule has 2 aromatic rings. The highest BCUT2D eigenvalue weighted by Crippen LogP contribution is 2.27. The third kappa shape index (κ3) is 3.63. The number of halogens is 1. The van der Waals surface area contributed by atoms with Crippen molar-refractivity contribution in [1.29, 1.82) is 0 Å². The Kier molecular flexibility index (Phi) is 5.00. The van der Waals surface area contributed by atoms with Gasteiger partial charge in [0.25, 0.3) is 0 Å². The van der Waals surface area contributed by atoms with Crippen LogP contribution in [0.3, 0.4) is 0 Å². The van der Waals surface area contributed by atoms with Crippen LogP contribution < -0.4 is 5.14 Å². The summed E-state index contributed by atoms with van der Waals surface area (Å²) < 4.78 is 39.0. The number of hydrogen-bond acceptors (Lipinski definition) is 2. The van der Waals surface area contributed by atoms with Gasteiger partial charge in [-0.3, -0.25) is 0 Å². The monoisotopic (exact) mass is 312 g/mol. The molecule has 4 nitrogen and oxygen atoms in total. The molecule has 0 amide bonds. The number of primary sulfonamides is 1. The zero-order valence-corrected chi connectivity index (χ0v) is 13.0. The van der Waals surface area contributed by atoms with Gasteiger partial charge in [-0.1, -0.05) is 38.7 Å². The van der Waals surface area contributed by atoms with Crippen LogP contribution >= 0.6 is 0 Å². The second kappa shape index (κ2) is 6.58. The van der Waals surface area contributed by atoms with Gasteiger partial charge in [0.2, 0.25) is 10.0 Å². The Morgan fingerprint density at radius 3 is 2.57 bits per heavy atom. The summed E-state index contributed by atoms with van der Waals surface area (Å²) in [5, 5.41) is 5.28. The summed E-state index contributed by atoms with van der Waals surface area (Å²) in [7, 11) is -3.93. The molecule has 0 atom stereocenters. The van der Waals surface area contributed by atoms with Gasteiger partial charge in [0.1, 0.15) is 10.7 Å². The zero-order valence-electron chi connectivity index (χ0n) is 12.2. The second-order valence-corrected chi connectivity index (χ2v) is 6.81. The molecule has 2 rings (SSSR count). The van der Waals surface area contributed by atoms with E-state index in [0.717, 1.165) is 19.3 Å². The number of aryl methyl sites for hydroxylation is 1. The molecule has 116 valence electrons. The lowest BCUT2D eigenvalue weighted by molar-refractivity contribution is 0.574. The third-order valence-corrected chi connectivity index (χ3v) is 4.55. The van der Waals surface area contributed by atoms with Gasteiger partial charge in [-0.15, -0.1) is 0 Å². The molecule has 1 heterocycles. The Hall–Kier alpha value is -1.40. The van der Waals surface area contributed by atoms with E-state index in [4.69, 9.17) is 5.14 Å². The lowest BCUT2D eigenvalue weighted by Crippen LogP contribution is -2.12. The Labute approximate surface area is 124 Å². The molecular formula is C15H21FN2O2S. The summed E-state index contributed by atoms with van der Waals surface area (Å²) in [6.45, 7) is 2.82. The molecule has 0 bridgehead atoms. The minimum absolute atomic E-state index is 0.0913. The van der Waals surface area contributed by atoms with Crippen LogP contribution in [0.4, 0.5) is 4.39 Å². The van der Waals surface area contributed by atoms with Gasteiger partial charge in [0.05, 0.1) is 10.9 Å². The van der Waals surface area contributed by atoms with Gasteiger partial charge < -0.3 is 4.57 Å². The number of unbranched alkanes of at least 4 members (excludes halogenated alkanes) is 4. The number of fused-ring (bicyclic) bond motifs is 1. The van der Waals surface area contributed by atoms with Crippen LogP contribution in [0, 0.1) is 5.82 Å². The molecule has 1 aromatic carbocycles. The quantitative estimate of drug-likeness (QED) is 0.796. The van der Waals surface area contributed by atoms with E-state index >= 15 is 0 Å². The van der Waals surface area contributed by atoms with Crippen molar-refractivity contribution in [2.24, 2.45) is 5.14 Å². The van der Waals surface area contributed by atoms with Crippen molar-refractivity contribution in [2.45, 2.75) is 50.5 Å². The number of aromatic nitrogens is 1. The number of nitrogens with zero attached hydrogens (tertiary/aromatic N) is 1. The summed E-state index contributed by atoms with van der Waals surface area (Å²) in [5.41, 5.74) is 0.578. The number of nitrogens with two attached hydrogens (primary N) is 1. The fraction of sp³-hybridized carbons (Fsp3) is 0.467. The topological polar surface area (TPSA) is 65.1 Å². The lowest BCUT2D eigenvalue weighted by Gasteiger charge is -2.05. The van der Waals surface area contributed by atoms with Crippen molar-refractivity contribution in [3.05, 3.63) is 30.2 Å². The fourth-order valence-electron chi connectivity index (χ4n) is 2.56. The normalized spacial score (nSPS) is 12.1. The van der Waals surface area contributed by atoms with Crippen molar-refractivity contribution in [3.8, 4) is 0 Å². The average molecular weight is 312 g/mol. The minimum Gasteiger partial charge on any atom is -0.346 e. The first-order valence-corrected chi connectivity index (χ1v) is 8.80. The molecule has 0 unspecified atom stereocenters. The van der Waals surface area contributed by atoms with Crippen molar-refractivity contribution in [3.63, 3.8) is 0 Å². The van der Waals surface area contributed by atoms with Crippen LogP contribution in [-0.2, 0) is 16.6 Å². The Morgan fingerprint density at radius 1 is 1.19 bits per heavy atom. The molecule has 0 saturated heterocycles. The van der Waals surface area contributed by atoms with Gasteiger partial charge in [0, 0.05) is 12.7 Å². The lowest BCUT2D eigenvalue weighted by atomic mass is 10.1. The van der Waals surface area contributed by atoms with Crippen LogP contribution in [0.15, 0.2) is 29.3 Å². The van der Waals surface area contributed by atoms with Crippen LogP contribution in [0.1, 0.15) is 39.0 Å². The van der Waals surface area contributed by atoms with E-state index < -0.39 is 15.8 Å². The van der Waals surface area contributed by atoms with E-state index in [2.05, 4.69) is 6.92 Å². The first kappa shape index (κ1) is 16.0. The summed E-state index contributed by atoms with van der Waals surface area (Å²) in [5.74, 6) is -0.554. The molecule has 0 radical (unpaired) electrons. The van der Waals surface area contributed by atoms with Crippen LogP contribution in [0.25, 0.3) is 10.9 Å². The maximum absolute atomic E-state index is 13.9. The Bertz CT molecular complexity index is 723. The predicted octanol–water partition coefficient (Wildman–Crippen LogP) is 3.40. The van der Waals surface area contributed by atoms with E-state index in [1.807, 2.05) is 0 Å². The van der Waals surface area contributed by atoms with Gasteiger partial charge in [-0.05, 0) is 18.6 Å². The predicted molar refractivity (Wildman–Crippen MR) is 82.0 cm³/mol. The largest absolute Gasteiger partial charge is 0.346 e. The highest BCUT2D eigenvalue weighted by Gasteiger charge is 2.19.